The van der Waals surface area contributed by atoms with E-state index in [1.165, 1.54) is 7.11 Å². The Balaban J connectivity index is 1.63. The molecule has 0 fully saturated rings. The van der Waals surface area contributed by atoms with Crippen LogP contribution < -0.4 is 14.8 Å². The van der Waals surface area contributed by atoms with Crippen LogP contribution in [0.25, 0.3) is 10.9 Å². The Hall–Kier alpha value is -3.78. The lowest BCUT2D eigenvalue weighted by atomic mass is 10.2. The number of hydrogen-bond donors (Lipinski definition) is 1. The average molecular weight is 479 g/mol. The van der Waals surface area contributed by atoms with Crippen molar-refractivity contribution < 1.29 is 22.7 Å². The van der Waals surface area contributed by atoms with Crippen LogP contribution in [0.4, 0.5) is 5.69 Å². The van der Waals surface area contributed by atoms with Gasteiger partial charge in [0.05, 0.1) is 30.6 Å². The molecule has 34 heavy (non-hydrogen) atoms. The van der Waals surface area contributed by atoms with Gasteiger partial charge in [0.1, 0.15) is 18.0 Å². The number of anilines is 1. The molecular weight excluding hydrogens is 452 g/mol. The van der Waals surface area contributed by atoms with Gasteiger partial charge in [-0.2, -0.15) is 0 Å². The Morgan fingerprint density at radius 3 is 2.50 bits per heavy atom. The van der Waals surface area contributed by atoms with E-state index in [0.717, 1.165) is 11.1 Å². The molecule has 0 spiro atoms. The number of aromatic nitrogens is 1. The van der Waals surface area contributed by atoms with E-state index in [-0.39, 0.29) is 23.1 Å². The van der Waals surface area contributed by atoms with E-state index in [9.17, 15) is 13.2 Å². The van der Waals surface area contributed by atoms with Crippen molar-refractivity contribution in [3.05, 3.63) is 84.1 Å². The molecule has 1 N–H and O–H groups in total. The van der Waals surface area contributed by atoms with Crippen molar-refractivity contribution in [1.82, 2.24) is 4.57 Å². The average Bonchev–Trinajstić information content (AvgIpc) is 3.18. The van der Waals surface area contributed by atoms with Crippen LogP contribution in [0.15, 0.2) is 77.8 Å². The van der Waals surface area contributed by atoms with E-state index in [1.54, 1.807) is 54.3 Å². The lowest BCUT2D eigenvalue weighted by molar-refractivity contribution is -0.116. The number of aryl methyl sites for hydroxylation is 1. The molecule has 0 atom stereocenters. The van der Waals surface area contributed by atoms with Crippen LogP contribution in [0.5, 0.6) is 11.5 Å². The summed E-state index contributed by atoms with van der Waals surface area (Å²) in [4.78, 5) is 13.1. The molecule has 8 heteroatoms. The molecule has 0 aliphatic rings. The van der Waals surface area contributed by atoms with Gasteiger partial charge in [-0.25, -0.2) is 8.42 Å². The minimum absolute atomic E-state index is 0.0599. The second kappa shape index (κ2) is 9.61. The van der Waals surface area contributed by atoms with Crippen LogP contribution in [0, 0.1) is 6.92 Å². The van der Waals surface area contributed by atoms with Gasteiger partial charge in [0, 0.05) is 23.2 Å². The molecule has 1 amide bonds. The van der Waals surface area contributed by atoms with Crippen molar-refractivity contribution in [1.29, 1.82) is 0 Å². The molecule has 0 aliphatic heterocycles. The molecule has 0 aliphatic carbocycles. The maximum Gasteiger partial charge on any atom is 0.244 e. The van der Waals surface area contributed by atoms with Gasteiger partial charge in [-0.05, 0) is 30.7 Å². The van der Waals surface area contributed by atoms with E-state index in [0.29, 0.717) is 28.1 Å². The number of nitrogens with one attached hydrogen (secondary N) is 1. The Bertz CT molecular complexity index is 1460. The summed E-state index contributed by atoms with van der Waals surface area (Å²) >= 11 is 0. The van der Waals surface area contributed by atoms with Gasteiger partial charge >= 0.3 is 0 Å². The van der Waals surface area contributed by atoms with Crippen LogP contribution in [0.3, 0.4) is 0 Å². The van der Waals surface area contributed by atoms with Crippen LogP contribution in [0.1, 0.15) is 11.1 Å². The number of rotatable bonds is 8. The highest BCUT2D eigenvalue weighted by molar-refractivity contribution is 7.90. The lowest BCUT2D eigenvalue weighted by Gasteiger charge is -2.12. The third kappa shape index (κ3) is 4.92. The summed E-state index contributed by atoms with van der Waals surface area (Å²) in [5.74, 6) is 0.644. The Morgan fingerprint density at radius 1 is 0.971 bits per heavy atom. The number of nitrogens with zero attached hydrogens (tertiary/aromatic N) is 1. The highest BCUT2D eigenvalue weighted by atomic mass is 32.2. The first-order valence-corrected chi connectivity index (χ1v) is 12.3. The standard InChI is InChI=1S/C26H26N2O5S/c1-18-7-6-8-19(13-18)17-34(30,31)25-15-28(23-10-5-4-9-21(23)25)16-26(29)27-22-12-11-20(32-2)14-24(22)33-3/h4-15H,16-17H2,1-3H3,(H,27,29). The number of carbonyl (C=O) groups excluding carboxylic acids is 1. The maximum absolute atomic E-state index is 13.3. The zero-order valence-corrected chi connectivity index (χ0v) is 20.1. The smallest absolute Gasteiger partial charge is 0.244 e. The molecule has 0 bridgehead atoms. The second-order valence-electron chi connectivity index (χ2n) is 8.00. The fraction of sp³-hybridized carbons (Fsp3) is 0.192. The van der Waals surface area contributed by atoms with E-state index in [2.05, 4.69) is 5.32 Å². The van der Waals surface area contributed by atoms with Gasteiger partial charge in [0.2, 0.25) is 5.91 Å². The van der Waals surface area contributed by atoms with E-state index in [4.69, 9.17) is 9.47 Å². The Labute approximate surface area is 198 Å². The molecule has 4 aromatic rings. The van der Waals surface area contributed by atoms with E-state index < -0.39 is 9.84 Å². The molecule has 0 unspecified atom stereocenters. The van der Waals surface area contributed by atoms with Crippen molar-refractivity contribution in [3.8, 4) is 11.5 Å². The van der Waals surface area contributed by atoms with Crippen LogP contribution in [0.2, 0.25) is 0 Å². The molecule has 0 saturated carbocycles. The predicted molar refractivity (Wildman–Crippen MR) is 132 cm³/mol. The summed E-state index contributed by atoms with van der Waals surface area (Å²) in [6.07, 6.45) is 1.54. The van der Waals surface area contributed by atoms with Crippen LogP contribution in [-0.2, 0) is 26.9 Å². The lowest BCUT2D eigenvalue weighted by Crippen LogP contribution is -2.18. The number of amides is 1. The summed E-state index contributed by atoms with van der Waals surface area (Å²) in [5, 5.41) is 3.42. The van der Waals surface area contributed by atoms with Gasteiger partial charge in [-0.3, -0.25) is 4.79 Å². The second-order valence-corrected chi connectivity index (χ2v) is 9.96. The molecule has 1 heterocycles. The van der Waals surface area contributed by atoms with Gasteiger partial charge in [0.25, 0.3) is 0 Å². The Kier molecular flexibility index (Phi) is 6.61. The predicted octanol–water partition coefficient (Wildman–Crippen LogP) is 4.58. The number of hydrogen-bond acceptors (Lipinski definition) is 5. The van der Waals surface area contributed by atoms with Gasteiger partial charge < -0.3 is 19.4 Å². The van der Waals surface area contributed by atoms with E-state index in [1.807, 2.05) is 37.3 Å². The van der Waals surface area contributed by atoms with Crippen molar-refractivity contribution in [2.24, 2.45) is 0 Å². The highest BCUT2D eigenvalue weighted by Gasteiger charge is 2.22. The number of benzene rings is 3. The summed E-state index contributed by atoms with van der Waals surface area (Å²) < 4.78 is 38.8. The van der Waals surface area contributed by atoms with Crippen molar-refractivity contribution >= 4 is 32.3 Å². The monoisotopic (exact) mass is 478 g/mol. The highest BCUT2D eigenvalue weighted by Crippen LogP contribution is 2.30. The van der Waals surface area contributed by atoms with Gasteiger partial charge in [-0.15, -0.1) is 0 Å². The molecule has 4 rings (SSSR count). The third-order valence-electron chi connectivity index (χ3n) is 5.52. The first kappa shape index (κ1) is 23.4. The normalized spacial score (nSPS) is 11.4. The molecule has 7 nitrogen and oxygen atoms in total. The topological polar surface area (TPSA) is 86.6 Å². The number of ether oxygens (including phenoxy) is 2. The minimum atomic E-state index is -3.64. The zero-order chi connectivity index (χ0) is 24.3. The number of para-hydroxylation sites is 1. The SMILES string of the molecule is COc1ccc(NC(=O)Cn2cc(S(=O)(=O)Cc3cccc(C)c3)c3ccccc32)c(OC)c1. The van der Waals surface area contributed by atoms with Crippen LogP contribution >= 0.6 is 0 Å². The summed E-state index contributed by atoms with van der Waals surface area (Å²) in [6.45, 7) is 1.87. The number of fused-ring (bicyclic) bond motifs is 1. The molecule has 0 saturated heterocycles. The summed E-state index contributed by atoms with van der Waals surface area (Å²) in [5.41, 5.74) is 2.89. The fourth-order valence-corrected chi connectivity index (χ4v) is 5.51. The first-order valence-electron chi connectivity index (χ1n) is 10.7. The molecular formula is C26H26N2O5S. The number of methoxy groups -OCH3 is 2. The van der Waals surface area contributed by atoms with Gasteiger partial charge in [-0.1, -0.05) is 48.0 Å². The summed E-state index contributed by atoms with van der Waals surface area (Å²) in [7, 11) is -0.576. The number of sulfone groups is 1. The molecule has 0 radical (unpaired) electrons. The maximum atomic E-state index is 13.3. The number of carbonyl (C=O) groups is 1. The quantitative estimate of drug-likeness (QED) is 0.401. The summed E-state index contributed by atoms with van der Waals surface area (Å²) in [6, 6.07) is 19.7. The fourth-order valence-electron chi connectivity index (χ4n) is 3.94. The molecule has 1 aromatic heterocycles. The zero-order valence-electron chi connectivity index (χ0n) is 19.2. The van der Waals surface area contributed by atoms with Crippen molar-refractivity contribution in [2.75, 3.05) is 19.5 Å². The van der Waals surface area contributed by atoms with E-state index >= 15 is 0 Å². The van der Waals surface area contributed by atoms with Gasteiger partial charge in [0.15, 0.2) is 9.84 Å². The largest absolute Gasteiger partial charge is 0.497 e. The molecule has 3 aromatic carbocycles. The third-order valence-corrected chi connectivity index (χ3v) is 7.23. The van der Waals surface area contributed by atoms with Crippen molar-refractivity contribution in [2.45, 2.75) is 24.1 Å². The first-order chi connectivity index (χ1) is 16.3. The molecule has 176 valence electrons. The minimum Gasteiger partial charge on any atom is -0.497 e. The van der Waals surface area contributed by atoms with Crippen LogP contribution in [-0.4, -0.2) is 33.1 Å². The van der Waals surface area contributed by atoms with Crippen molar-refractivity contribution in [3.63, 3.8) is 0 Å². The Morgan fingerprint density at radius 2 is 1.76 bits per heavy atom.